The van der Waals surface area contributed by atoms with Crippen LogP contribution in [0.1, 0.15) is 11.1 Å². The number of fused-ring (bicyclic) bond motifs is 5. The van der Waals surface area contributed by atoms with Crippen LogP contribution in [0.3, 0.4) is 0 Å². The fraction of sp³-hybridized carbons (Fsp3) is 0.160. The van der Waals surface area contributed by atoms with Crippen molar-refractivity contribution in [1.29, 1.82) is 0 Å². The molecule has 4 aromatic heterocycles. The first-order valence-electron chi connectivity index (χ1n) is 11.3. The van der Waals surface area contributed by atoms with Gasteiger partial charge in [-0.25, -0.2) is 19.6 Å². The van der Waals surface area contributed by atoms with Gasteiger partial charge in [0.05, 0.1) is 5.52 Å². The van der Waals surface area contributed by atoms with Crippen molar-refractivity contribution in [3.05, 3.63) is 81.7 Å². The summed E-state index contributed by atoms with van der Waals surface area (Å²) in [4.78, 5) is 34.2. The summed E-state index contributed by atoms with van der Waals surface area (Å²) in [6.07, 6.45) is 4.32. The maximum absolute atomic E-state index is 13.6. The molecule has 0 saturated carbocycles. The highest BCUT2D eigenvalue weighted by molar-refractivity contribution is 7.12. The van der Waals surface area contributed by atoms with Crippen molar-refractivity contribution < 1.29 is 0 Å². The van der Waals surface area contributed by atoms with Crippen molar-refractivity contribution in [2.75, 3.05) is 18.9 Å². The van der Waals surface area contributed by atoms with Crippen molar-refractivity contribution >= 4 is 50.6 Å². The molecule has 0 radical (unpaired) electrons. The van der Waals surface area contributed by atoms with E-state index in [1.807, 2.05) is 35.7 Å². The predicted molar refractivity (Wildman–Crippen MR) is 137 cm³/mol. The van der Waals surface area contributed by atoms with E-state index in [0.29, 0.717) is 27.8 Å². The zero-order chi connectivity index (χ0) is 23.5. The molecule has 1 aliphatic rings. The molecule has 0 amide bonds. The van der Waals surface area contributed by atoms with E-state index >= 15 is 0 Å². The van der Waals surface area contributed by atoms with Crippen LogP contribution in [0, 0.1) is 0 Å². The molecule has 1 N–H and O–H groups in total. The second-order valence-corrected chi connectivity index (χ2v) is 9.60. The minimum atomic E-state index is -0.236. The Morgan fingerprint density at radius 2 is 1.94 bits per heavy atom. The highest BCUT2D eigenvalue weighted by Gasteiger charge is 2.19. The number of thiazole rings is 1. The molecule has 7 rings (SSSR count). The normalized spacial score (nSPS) is 14.1. The Morgan fingerprint density at radius 3 is 2.83 bits per heavy atom. The van der Waals surface area contributed by atoms with Crippen LogP contribution >= 0.6 is 11.3 Å². The molecule has 2 aromatic carbocycles. The Labute approximate surface area is 203 Å². The molecule has 0 spiro atoms. The summed E-state index contributed by atoms with van der Waals surface area (Å²) in [7, 11) is 2.13. The number of anilines is 2. The van der Waals surface area contributed by atoms with Gasteiger partial charge in [0.2, 0.25) is 11.1 Å². The van der Waals surface area contributed by atoms with E-state index in [-0.39, 0.29) is 5.56 Å². The lowest BCUT2D eigenvalue weighted by molar-refractivity contribution is 0.313. The van der Waals surface area contributed by atoms with Gasteiger partial charge in [-0.15, -0.1) is 11.3 Å². The van der Waals surface area contributed by atoms with Crippen molar-refractivity contribution in [1.82, 2.24) is 34.0 Å². The predicted octanol–water partition coefficient (Wildman–Crippen LogP) is 3.77. The zero-order valence-electron chi connectivity index (χ0n) is 18.8. The molecule has 0 bridgehead atoms. The number of hydrogen-bond donors (Lipinski definition) is 1. The van der Waals surface area contributed by atoms with E-state index in [4.69, 9.17) is 4.98 Å². The number of benzene rings is 2. The Kier molecular flexibility index (Phi) is 4.45. The number of aromatic nitrogens is 6. The van der Waals surface area contributed by atoms with Crippen LogP contribution < -0.4 is 10.9 Å². The Morgan fingerprint density at radius 1 is 1.03 bits per heavy atom. The number of hydrogen-bond acceptors (Lipinski definition) is 8. The first kappa shape index (κ1) is 20.2. The van der Waals surface area contributed by atoms with Crippen molar-refractivity contribution in [3.8, 4) is 5.13 Å². The molecular formula is C25H20N8OS. The van der Waals surface area contributed by atoms with Gasteiger partial charge in [0.15, 0.2) is 11.3 Å². The fourth-order valence-electron chi connectivity index (χ4n) is 4.76. The first-order chi connectivity index (χ1) is 17.2. The van der Waals surface area contributed by atoms with Gasteiger partial charge in [-0.05, 0) is 48.9 Å². The molecule has 5 heterocycles. The Balaban J connectivity index is 1.37. The minimum absolute atomic E-state index is 0.236. The van der Waals surface area contributed by atoms with Crippen LogP contribution in [0.25, 0.3) is 32.7 Å². The smallest absolute Gasteiger partial charge is 0.284 e. The van der Waals surface area contributed by atoms with E-state index in [0.717, 1.165) is 36.1 Å². The van der Waals surface area contributed by atoms with E-state index in [1.165, 1.54) is 22.5 Å². The van der Waals surface area contributed by atoms with Crippen molar-refractivity contribution in [2.45, 2.75) is 13.0 Å². The van der Waals surface area contributed by atoms with E-state index in [1.54, 1.807) is 21.6 Å². The SMILES string of the molecule is CN1CCc2ccc(Nc3ncc4c(=O)n5c(nc4n3)c3ccccc3n5-c3nccs3)cc2C1. The van der Waals surface area contributed by atoms with Gasteiger partial charge in [0, 0.05) is 41.9 Å². The molecule has 0 aliphatic carbocycles. The van der Waals surface area contributed by atoms with Gasteiger partial charge in [-0.1, -0.05) is 18.2 Å². The number of rotatable bonds is 3. The van der Waals surface area contributed by atoms with Gasteiger partial charge in [-0.2, -0.15) is 9.50 Å². The molecule has 35 heavy (non-hydrogen) atoms. The van der Waals surface area contributed by atoms with Crippen LogP contribution in [0.15, 0.2) is 65.0 Å². The maximum atomic E-state index is 13.6. The van der Waals surface area contributed by atoms with E-state index < -0.39 is 0 Å². The molecule has 6 aromatic rings. The second kappa shape index (κ2) is 7.69. The molecule has 10 heteroatoms. The lowest BCUT2D eigenvalue weighted by atomic mass is 9.99. The molecule has 9 nitrogen and oxygen atoms in total. The second-order valence-electron chi connectivity index (χ2n) is 8.72. The molecule has 172 valence electrons. The fourth-order valence-corrected chi connectivity index (χ4v) is 5.40. The first-order valence-corrected chi connectivity index (χ1v) is 12.2. The summed E-state index contributed by atoms with van der Waals surface area (Å²) in [6, 6.07) is 14.1. The molecule has 0 atom stereocenters. The molecule has 0 fully saturated rings. The van der Waals surface area contributed by atoms with E-state index in [2.05, 4.69) is 44.3 Å². The topological polar surface area (TPSA) is 93.2 Å². The van der Waals surface area contributed by atoms with Crippen molar-refractivity contribution in [3.63, 3.8) is 0 Å². The largest absolute Gasteiger partial charge is 0.324 e. The van der Waals surface area contributed by atoms with Crippen LogP contribution in [0.4, 0.5) is 11.6 Å². The minimum Gasteiger partial charge on any atom is -0.324 e. The van der Waals surface area contributed by atoms with Crippen LogP contribution in [-0.2, 0) is 13.0 Å². The molecule has 0 saturated heterocycles. The highest BCUT2D eigenvalue weighted by atomic mass is 32.1. The van der Waals surface area contributed by atoms with Gasteiger partial charge < -0.3 is 10.2 Å². The quantitative estimate of drug-likeness (QED) is 0.412. The number of para-hydroxylation sites is 1. The summed E-state index contributed by atoms with van der Waals surface area (Å²) in [5.74, 6) is 0.404. The number of likely N-dealkylation sites (N-methyl/N-ethyl adjacent to an activating group) is 1. The van der Waals surface area contributed by atoms with Gasteiger partial charge in [-0.3, -0.25) is 4.79 Å². The average Bonchev–Trinajstić information content (AvgIpc) is 3.50. The standard InChI is InChI=1S/C25H20N8OS/c1-31-10-8-15-6-7-17(12-16(15)14-31)28-24-27-13-19-21(30-24)29-22-18-4-2-3-5-20(18)32(33(22)23(19)34)25-26-9-11-35-25/h2-7,9,11-13H,8,10,14H2,1H3,(H,27,28,30). The summed E-state index contributed by atoms with van der Waals surface area (Å²) < 4.78 is 3.36. The van der Waals surface area contributed by atoms with Crippen molar-refractivity contribution in [2.24, 2.45) is 0 Å². The molecule has 0 unspecified atom stereocenters. The summed E-state index contributed by atoms with van der Waals surface area (Å²) in [5.41, 5.74) is 5.10. The third-order valence-electron chi connectivity index (χ3n) is 6.44. The van der Waals surface area contributed by atoms with Gasteiger partial charge >= 0.3 is 0 Å². The Bertz CT molecular complexity index is 1800. The molecule has 1 aliphatic heterocycles. The highest BCUT2D eigenvalue weighted by Crippen LogP contribution is 2.26. The Hall–Kier alpha value is -4.15. The van der Waals surface area contributed by atoms with Crippen LogP contribution in [0.5, 0.6) is 0 Å². The lowest BCUT2D eigenvalue weighted by Crippen LogP contribution is -2.26. The zero-order valence-corrected chi connectivity index (χ0v) is 19.7. The van der Waals surface area contributed by atoms with Gasteiger partial charge in [0.1, 0.15) is 5.39 Å². The maximum Gasteiger partial charge on any atom is 0.284 e. The number of nitrogens with zero attached hydrogens (tertiary/aromatic N) is 7. The number of nitrogens with one attached hydrogen (secondary N) is 1. The third-order valence-corrected chi connectivity index (χ3v) is 7.19. The average molecular weight is 481 g/mol. The van der Waals surface area contributed by atoms with Crippen LogP contribution in [-0.4, -0.2) is 47.6 Å². The summed E-state index contributed by atoms with van der Waals surface area (Å²) >= 11 is 1.46. The molecular weight excluding hydrogens is 460 g/mol. The summed E-state index contributed by atoms with van der Waals surface area (Å²) in [6.45, 7) is 1.99. The third kappa shape index (κ3) is 3.22. The van der Waals surface area contributed by atoms with E-state index in [9.17, 15) is 4.79 Å². The summed E-state index contributed by atoms with van der Waals surface area (Å²) in [5, 5.41) is 7.07. The van der Waals surface area contributed by atoms with Gasteiger partial charge in [0.25, 0.3) is 5.56 Å². The van der Waals surface area contributed by atoms with Crippen LogP contribution in [0.2, 0.25) is 0 Å². The monoisotopic (exact) mass is 480 g/mol. The lowest BCUT2D eigenvalue weighted by Gasteiger charge is -2.25.